The second-order valence-electron chi connectivity index (χ2n) is 6.36. The van der Waals surface area contributed by atoms with Gasteiger partial charge >= 0.3 is 12.2 Å². The Hall–Kier alpha value is -3.89. The summed E-state index contributed by atoms with van der Waals surface area (Å²) in [4.78, 5) is 32.6. The summed E-state index contributed by atoms with van der Waals surface area (Å²) in [5.74, 6) is -0.605. The van der Waals surface area contributed by atoms with Crippen molar-refractivity contribution in [3.63, 3.8) is 0 Å². The number of aliphatic imine (C=N–C) groups is 1. The summed E-state index contributed by atoms with van der Waals surface area (Å²) in [6.45, 7) is 0.695. The first-order valence-corrected chi connectivity index (χ1v) is 9.00. The van der Waals surface area contributed by atoms with E-state index in [9.17, 15) is 14.0 Å². The molecule has 1 aliphatic heterocycles. The number of hydrogen-bond donors (Lipinski definition) is 2. The third kappa shape index (κ3) is 5.13. The van der Waals surface area contributed by atoms with Gasteiger partial charge in [0.25, 0.3) is 0 Å². The Labute approximate surface area is 171 Å². The van der Waals surface area contributed by atoms with E-state index in [1.54, 1.807) is 29.4 Å². The van der Waals surface area contributed by atoms with Gasteiger partial charge in [-0.2, -0.15) is 0 Å². The number of nitrogens with zero attached hydrogens (tertiary/aromatic N) is 4. The van der Waals surface area contributed by atoms with Crippen molar-refractivity contribution < 1.29 is 23.5 Å². The number of allylic oxidation sites excluding steroid dienone is 1. The van der Waals surface area contributed by atoms with Crippen LogP contribution >= 0.6 is 0 Å². The van der Waals surface area contributed by atoms with Gasteiger partial charge in [-0.3, -0.25) is 9.89 Å². The summed E-state index contributed by atoms with van der Waals surface area (Å²) in [7, 11) is 1.24. The number of imidazole rings is 1. The number of benzene rings is 1. The summed E-state index contributed by atoms with van der Waals surface area (Å²) in [5, 5.41) is 2.46. The molecule has 1 saturated heterocycles. The summed E-state index contributed by atoms with van der Waals surface area (Å²) >= 11 is 0. The van der Waals surface area contributed by atoms with Crippen molar-refractivity contribution in [3.05, 3.63) is 54.5 Å². The van der Waals surface area contributed by atoms with Gasteiger partial charge in [-0.25, -0.2) is 19.0 Å². The van der Waals surface area contributed by atoms with E-state index in [2.05, 4.69) is 20.0 Å². The van der Waals surface area contributed by atoms with Crippen molar-refractivity contribution in [2.24, 2.45) is 10.7 Å². The summed E-state index contributed by atoms with van der Waals surface area (Å²) < 4.78 is 26.0. The summed E-state index contributed by atoms with van der Waals surface area (Å²) in [5.41, 5.74) is 6.69. The zero-order chi connectivity index (χ0) is 21.5. The van der Waals surface area contributed by atoms with Crippen LogP contribution in [0.3, 0.4) is 0 Å². The van der Waals surface area contributed by atoms with Crippen LogP contribution < -0.4 is 16.0 Å². The fraction of sp³-hybridized carbons (Fsp3) is 0.263. The molecule has 2 aromatic rings. The van der Waals surface area contributed by atoms with Gasteiger partial charge in [-0.05, 0) is 18.2 Å². The number of alkyl carbamates (subject to hydrolysis) is 1. The molecule has 0 saturated carbocycles. The molecule has 0 bridgehead atoms. The zero-order valence-corrected chi connectivity index (χ0v) is 16.2. The van der Waals surface area contributed by atoms with Crippen LogP contribution in [0, 0.1) is 5.82 Å². The number of aromatic nitrogens is 2. The van der Waals surface area contributed by atoms with Gasteiger partial charge in [-0.15, -0.1) is 0 Å². The highest BCUT2D eigenvalue weighted by molar-refractivity contribution is 5.90. The van der Waals surface area contributed by atoms with Crippen LogP contribution in [0.4, 0.5) is 25.4 Å². The van der Waals surface area contributed by atoms with E-state index in [-0.39, 0.29) is 18.8 Å². The zero-order valence-electron chi connectivity index (χ0n) is 16.2. The predicted molar refractivity (Wildman–Crippen MR) is 107 cm³/mol. The van der Waals surface area contributed by atoms with Crippen LogP contribution in [0.1, 0.15) is 0 Å². The maximum atomic E-state index is 14.5. The number of nitrogens with one attached hydrogen (secondary N) is 1. The molecule has 1 aromatic heterocycles. The number of hydrogen-bond acceptors (Lipinski definition) is 7. The highest BCUT2D eigenvalue weighted by Gasteiger charge is 2.32. The number of carbonyl (C=O) groups excluding carboxylic acids is 2. The van der Waals surface area contributed by atoms with Gasteiger partial charge in [0.15, 0.2) is 5.82 Å². The smallest absolute Gasteiger partial charge is 0.414 e. The minimum Gasteiger partial charge on any atom is -0.453 e. The summed E-state index contributed by atoms with van der Waals surface area (Å²) in [6, 6.07) is 4.22. The van der Waals surface area contributed by atoms with Gasteiger partial charge in [0.1, 0.15) is 6.10 Å². The maximum Gasteiger partial charge on any atom is 0.414 e. The molecule has 1 unspecified atom stereocenters. The molecule has 10 nitrogen and oxygen atoms in total. The first-order chi connectivity index (χ1) is 14.5. The van der Waals surface area contributed by atoms with Gasteiger partial charge in [-0.1, -0.05) is 0 Å². The molecule has 1 atom stereocenters. The van der Waals surface area contributed by atoms with Gasteiger partial charge in [0, 0.05) is 30.4 Å². The number of methoxy groups -OCH3 is 1. The highest BCUT2D eigenvalue weighted by Crippen LogP contribution is 2.27. The lowest BCUT2D eigenvalue weighted by Gasteiger charge is -2.13. The number of amides is 2. The number of ether oxygens (including phenoxy) is 2. The van der Waals surface area contributed by atoms with Crippen LogP contribution in [0.5, 0.6) is 0 Å². The minimum atomic E-state index is -0.629. The minimum absolute atomic E-state index is 0.0882. The Morgan fingerprint density at radius 3 is 3.03 bits per heavy atom. The molecule has 2 heterocycles. The standard InChI is InChI=1S/C19H21FN6O4/c1-29-18(27)24-9-15-11-26(19(28)30-15)14-2-3-17(16(20)6-14)23-8-13(7-21)10-25-5-4-22-12-25/h2-8,12,15H,9-11,21H2,1H3,(H,24,27)/b13-7+,23-8?. The molecule has 1 fully saturated rings. The molecule has 0 radical (unpaired) electrons. The Morgan fingerprint density at radius 1 is 1.53 bits per heavy atom. The fourth-order valence-electron chi connectivity index (χ4n) is 2.76. The van der Waals surface area contributed by atoms with E-state index in [0.717, 1.165) is 0 Å². The van der Waals surface area contributed by atoms with E-state index in [1.807, 2.05) is 0 Å². The third-order valence-electron chi connectivity index (χ3n) is 4.28. The number of rotatable bonds is 7. The molecule has 2 amide bonds. The van der Waals surface area contributed by atoms with Crippen LogP contribution in [0.25, 0.3) is 0 Å². The van der Waals surface area contributed by atoms with Crippen molar-refractivity contribution in [2.75, 3.05) is 25.1 Å². The second kappa shape index (κ2) is 9.54. The number of halogens is 1. The Balaban J connectivity index is 1.64. The van der Waals surface area contributed by atoms with Crippen molar-refractivity contribution in [3.8, 4) is 0 Å². The average molecular weight is 416 g/mol. The van der Waals surface area contributed by atoms with Crippen LogP contribution in [0.15, 0.2) is 53.7 Å². The van der Waals surface area contributed by atoms with Crippen LogP contribution in [-0.2, 0) is 16.0 Å². The molecule has 1 aliphatic rings. The lowest BCUT2D eigenvalue weighted by atomic mass is 10.2. The molecule has 0 aliphatic carbocycles. The SMILES string of the molecule is COC(=O)NCC1CN(c2ccc(N=C/C(=C\N)Cn3ccnc3)c(F)c2)C(=O)O1. The first kappa shape index (κ1) is 20.8. The van der Waals surface area contributed by atoms with Crippen molar-refractivity contribution in [1.82, 2.24) is 14.9 Å². The van der Waals surface area contributed by atoms with E-state index < -0.39 is 24.1 Å². The molecule has 30 heavy (non-hydrogen) atoms. The number of nitrogens with two attached hydrogens (primary N) is 1. The second-order valence-corrected chi connectivity index (χ2v) is 6.36. The molecule has 158 valence electrons. The molecular formula is C19H21FN6O4. The summed E-state index contributed by atoms with van der Waals surface area (Å²) in [6.07, 6.45) is 6.08. The van der Waals surface area contributed by atoms with Crippen molar-refractivity contribution in [1.29, 1.82) is 0 Å². The Kier molecular flexibility index (Phi) is 6.63. The Morgan fingerprint density at radius 2 is 2.37 bits per heavy atom. The first-order valence-electron chi connectivity index (χ1n) is 9.00. The molecule has 1 aromatic carbocycles. The van der Waals surface area contributed by atoms with Crippen molar-refractivity contribution in [2.45, 2.75) is 12.6 Å². The Bertz CT molecular complexity index is 960. The normalized spacial score (nSPS) is 16.7. The van der Waals surface area contributed by atoms with E-state index in [4.69, 9.17) is 10.5 Å². The monoisotopic (exact) mass is 416 g/mol. The lowest BCUT2D eigenvalue weighted by molar-refractivity contribution is 0.132. The quantitative estimate of drug-likeness (QED) is 0.665. The fourth-order valence-corrected chi connectivity index (χ4v) is 2.76. The average Bonchev–Trinajstić information content (AvgIpc) is 3.39. The molecular weight excluding hydrogens is 395 g/mol. The van der Waals surface area contributed by atoms with Crippen LogP contribution in [0.2, 0.25) is 0 Å². The van der Waals surface area contributed by atoms with E-state index >= 15 is 0 Å². The topological polar surface area (TPSA) is 124 Å². The number of cyclic esters (lactones) is 1. The van der Waals surface area contributed by atoms with Gasteiger partial charge < -0.3 is 25.1 Å². The molecule has 0 spiro atoms. The van der Waals surface area contributed by atoms with Crippen molar-refractivity contribution >= 4 is 29.8 Å². The maximum absolute atomic E-state index is 14.5. The van der Waals surface area contributed by atoms with Gasteiger partial charge in [0.2, 0.25) is 0 Å². The number of anilines is 1. The third-order valence-corrected chi connectivity index (χ3v) is 4.28. The van der Waals surface area contributed by atoms with Crippen LogP contribution in [-0.4, -0.2) is 54.3 Å². The largest absolute Gasteiger partial charge is 0.453 e. The molecule has 11 heteroatoms. The van der Waals surface area contributed by atoms with E-state index in [0.29, 0.717) is 17.8 Å². The van der Waals surface area contributed by atoms with E-state index in [1.165, 1.54) is 36.6 Å². The molecule has 3 N–H and O–H groups in total. The molecule has 3 rings (SSSR count). The number of carbonyl (C=O) groups is 2. The highest BCUT2D eigenvalue weighted by atomic mass is 19.1. The van der Waals surface area contributed by atoms with Gasteiger partial charge in [0.05, 0.1) is 44.4 Å². The lowest BCUT2D eigenvalue weighted by Crippen LogP contribution is -2.34. The predicted octanol–water partition coefficient (Wildman–Crippen LogP) is 1.95.